The fraction of sp³-hybridized carbons (Fsp3) is 0.462. The number of hydrogen-bond acceptors (Lipinski definition) is 9. The van der Waals surface area contributed by atoms with E-state index in [-0.39, 0.29) is 11.5 Å². The highest BCUT2D eigenvalue weighted by Crippen LogP contribution is 2.32. The minimum atomic E-state index is -1.41. The molecule has 0 spiro atoms. The van der Waals surface area contributed by atoms with Gasteiger partial charge in [-0.15, -0.1) is 0 Å². The van der Waals surface area contributed by atoms with Gasteiger partial charge in [0.25, 0.3) is 5.91 Å². The molecule has 2 aromatic rings. The van der Waals surface area contributed by atoms with Gasteiger partial charge in [-0.2, -0.15) is 15.2 Å². The van der Waals surface area contributed by atoms with Crippen molar-refractivity contribution in [2.24, 2.45) is 0 Å². The lowest BCUT2D eigenvalue weighted by molar-refractivity contribution is -0.137. The van der Waals surface area contributed by atoms with Gasteiger partial charge in [0.1, 0.15) is 18.3 Å². The van der Waals surface area contributed by atoms with E-state index in [1.807, 2.05) is 6.07 Å². The van der Waals surface area contributed by atoms with Gasteiger partial charge < -0.3 is 25.6 Å². The van der Waals surface area contributed by atoms with Crippen LogP contribution in [0.15, 0.2) is 6.33 Å². The molecule has 1 saturated heterocycles. The SMILES string of the molecule is CNC(=O)[C@H]1O[C@@H](n2cnc3c(NC)nc(C#N)nc32)[C@H](O)[C@@H]1O. The molecule has 126 valence electrons. The number of carbonyl (C=O) groups is 1. The predicted octanol–water partition coefficient (Wildman–Crippen LogP) is -1.90. The van der Waals surface area contributed by atoms with Crippen LogP contribution >= 0.6 is 0 Å². The maximum absolute atomic E-state index is 11.7. The van der Waals surface area contributed by atoms with E-state index in [0.29, 0.717) is 11.3 Å². The molecule has 1 aliphatic rings. The molecule has 4 atom stereocenters. The number of nitriles is 1. The first-order valence-electron chi connectivity index (χ1n) is 7.07. The highest BCUT2D eigenvalue weighted by Gasteiger charge is 2.47. The third kappa shape index (κ3) is 2.33. The number of nitrogens with zero attached hydrogens (tertiary/aromatic N) is 5. The first-order chi connectivity index (χ1) is 11.5. The molecule has 0 bridgehead atoms. The van der Waals surface area contributed by atoms with Gasteiger partial charge in [0.05, 0.1) is 6.33 Å². The van der Waals surface area contributed by atoms with E-state index >= 15 is 0 Å². The molecule has 0 saturated carbocycles. The van der Waals surface area contributed by atoms with E-state index in [9.17, 15) is 15.0 Å². The smallest absolute Gasteiger partial charge is 0.251 e. The van der Waals surface area contributed by atoms with E-state index in [1.54, 1.807) is 7.05 Å². The minimum Gasteiger partial charge on any atom is -0.387 e. The molecule has 0 aliphatic carbocycles. The Labute approximate surface area is 135 Å². The number of aliphatic hydroxyl groups excluding tert-OH is 2. The number of fused-ring (bicyclic) bond motifs is 1. The topological polar surface area (TPSA) is 158 Å². The molecule has 3 heterocycles. The molecular formula is C13H15N7O4. The van der Waals surface area contributed by atoms with Crippen LogP contribution in [-0.2, 0) is 9.53 Å². The van der Waals surface area contributed by atoms with Crippen LogP contribution in [0.25, 0.3) is 11.2 Å². The van der Waals surface area contributed by atoms with E-state index in [1.165, 1.54) is 17.9 Å². The molecule has 0 radical (unpaired) electrons. The minimum absolute atomic E-state index is 0.0931. The van der Waals surface area contributed by atoms with E-state index in [0.717, 1.165) is 0 Å². The maximum Gasteiger partial charge on any atom is 0.251 e. The zero-order chi connectivity index (χ0) is 17.4. The molecule has 0 unspecified atom stereocenters. The number of nitrogens with one attached hydrogen (secondary N) is 2. The number of hydrogen-bond donors (Lipinski definition) is 4. The first-order valence-corrected chi connectivity index (χ1v) is 7.07. The Morgan fingerprint density at radius 2 is 2.12 bits per heavy atom. The highest BCUT2D eigenvalue weighted by molar-refractivity contribution is 5.84. The number of aromatic nitrogens is 4. The standard InChI is InChI=1S/C13H15N7O4/c1-15-10-6-11(19-5(3-14)18-10)20(4-17-6)13-8(22)7(21)9(24-13)12(23)16-2/h4,7-9,13,21-22H,1-2H3,(H,16,23)(H,15,18,19)/t7-,8+,9-,13+/m0/s1. The van der Waals surface area contributed by atoms with Gasteiger partial charge in [0.2, 0.25) is 5.82 Å². The average Bonchev–Trinajstić information content (AvgIpc) is 3.15. The zero-order valence-electron chi connectivity index (χ0n) is 12.8. The zero-order valence-corrected chi connectivity index (χ0v) is 12.8. The molecule has 1 aliphatic heterocycles. The summed E-state index contributed by atoms with van der Waals surface area (Å²) in [5, 5.41) is 34.5. The number of anilines is 1. The normalized spacial score (nSPS) is 26.3. The van der Waals surface area contributed by atoms with E-state index in [2.05, 4.69) is 25.6 Å². The second-order valence-corrected chi connectivity index (χ2v) is 5.12. The molecule has 2 aromatic heterocycles. The lowest BCUT2D eigenvalue weighted by Gasteiger charge is -2.16. The molecular weight excluding hydrogens is 318 g/mol. The number of carbonyl (C=O) groups excluding carboxylic acids is 1. The number of rotatable bonds is 3. The summed E-state index contributed by atoms with van der Waals surface area (Å²) in [4.78, 5) is 24.0. The van der Waals surface area contributed by atoms with Crippen molar-refractivity contribution in [1.29, 1.82) is 5.26 Å². The third-order valence-corrected chi connectivity index (χ3v) is 3.78. The van der Waals surface area contributed by atoms with E-state index in [4.69, 9.17) is 10.00 Å². The van der Waals surface area contributed by atoms with Crippen LogP contribution in [0.1, 0.15) is 12.1 Å². The van der Waals surface area contributed by atoms with Crippen LogP contribution in [-0.4, -0.2) is 68.0 Å². The summed E-state index contributed by atoms with van der Waals surface area (Å²) in [6.07, 6.45) is -3.75. The number of amides is 1. The molecule has 3 rings (SSSR count). The van der Waals surface area contributed by atoms with Crippen LogP contribution in [0.5, 0.6) is 0 Å². The lowest BCUT2D eigenvalue weighted by atomic mass is 10.1. The highest BCUT2D eigenvalue weighted by atomic mass is 16.6. The van der Waals surface area contributed by atoms with Crippen molar-refractivity contribution in [3.63, 3.8) is 0 Å². The van der Waals surface area contributed by atoms with Crippen molar-refractivity contribution in [2.45, 2.75) is 24.5 Å². The predicted molar refractivity (Wildman–Crippen MR) is 79.6 cm³/mol. The molecule has 1 fully saturated rings. The van der Waals surface area contributed by atoms with Crippen molar-refractivity contribution in [2.75, 3.05) is 19.4 Å². The maximum atomic E-state index is 11.7. The Morgan fingerprint density at radius 3 is 2.75 bits per heavy atom. The summed E-state index contributed by atoms with van der Waals surface area (Å²) < 4.78 is 6.84. The van der Waals surface area contributed by atoms with Gasteiger partial charge in [-0.1, -0.05) is 0 Å². The second-order valence-electron chi connectivity index (χ2n) is 5.12. The first kappa shape index (κ1) is 16.1. The lowest BCUT2D eigenvalue weighted by Crippen LogP contribution is -2.41. The Kier molecular flexibility index (Phi) is 4.02. The Morgan fingerprint density at radius 1 is 1.38 bits per heavy atom. The van der Waals surface area contributed by atoms with Crippen LogP contribution in [0.3, 0.4) is 0 Å². The van der Waals surface area contributed by atoms with Gasteiger partial charge >= 0.3 is 0 Å². The summed E-state index contributed by atoms with van der Waals surface area (Å²) in [5.41, 5.74) is 0.602. The summed E-state index contributed by atoms with van der Waals surface area (Å²) in [5.74, 6) is -0.313. The van der Waals surface area contributed by atoms with Crippen molar-refractivity contribution in [3.8, 4) is 6.07 Å². The summed E-state index contributed by atoms with van der Waals surface area (Å²) in [6, 6.07) is 1.84. The monoisotopic (exact) mass is 333 g/mol. The fourth-order valence-electron chi connectivity index (χ4n) is 2.58. The Balaban J connectivity index is 2.07. The number of likely N-dealkylation sites (N-methyl/N-ethyl adjacent to an activating group) is 1. The molecule has 11 heteroatoms. The van der Waals surface area contributed by atoms with Crippen LogP contribution in [0.2, 0.25) is 0 Å². The van der Waals surface area contributed by atoms with Crippen molar-refractivity contribution in [1.82, 2.24) is 24.8 Å². The van der Waals surface area contributed by atoms with E-state index < -0.39 is 30.4 Å². The summed E-state index contributed by atoms with van der Waals surface area (Å²) in [7, 11) is 3.02. The molecule has 11 nitrogen and oxygen atoms in total. The van der Waals surface area contributed by atoms with Gasteiger partial charge in [-0.3, -0.25) is 9.36 Å². The van der Waals surface area contributed by atoms with Gasteiger partial charge in [0, 0.05) is 14.1 Å². The summed E-state index contributed by atoms with van der Waals surface area (Å²) in [6.45, 7) is 0. The molecule has 0 aromatic carbocycles. The number of aliphatic hydroxyl groups is 2. The van der Waals surface area contributed by atoms with Gasteiger partial charge in [0.15, 0.2) is 29.3 Å². The Bertz CT molecular complexity index is 830. The third-order valence-electron chi connectivity index (χ3n) is 3.78. The summed E-state index contributed by atoms with van der Waals surface area (Å²) >= 11 is 0. The fourth-order valence-corrected chi connectivity index (χ4v) is 2.58. The van der Waals surface area contributed by atoms with Gasteiger partial charge in [-0.25, -0.2) is 4.98 Å². The number of ether oxygens (including phenoxy) is 1. The average molecular weight is 333 g/mol. The van der Waals surface area contributed by atoms with Crippen molar-refractivity contribution < 1.29 is 19.7 Å². The largest absolute Gasteiger partial charge is 0.387 e. The van der Waals surface area contributed by atoms with Crippen molar-refractivity contribution >= 4 is 22.9 Å². The molecule has 24 heavy (non-hydrogen) atoms. The van der Waals surface area contributed by atoms with Crippen LogP contribution in [0, 0.1) is 11.3 Å². The Hall–Kier alpha value is -2.81. The second kappa shape index (κ2) is 6.00. The van der Waals surface area contributed by atoms with Crippen LogP contribution < -0.4 is 10.6 Å². The molecule has 1 amide bonds. The van der Waals surface area contributed by atoms with Gasteiger partial charge in [-0.05, 0) is 0 Å². The quantitative estimate of drug-likeness (QED) is 0.503. The van der Waals surface area contributed by atoms with Crippen LogP contribution in [0.4, 0.5) is 5.82 Å². The van der Waals surface area contributed by atoms with Crippen molar-refractivity contribution in [3.05, 3.63) is 12.2 Å². The molecule has 4 N–H and O–H groups in total. The number of imidazole rings is 1.